The van der Waals surface area contributed by atoms with Gasteiger partial charge in [-0.1, -0.05) is 6.07 Å². The van der Waals surface area contributed by atoms with Crippen LogP contribution in [0.15, 0.2) is 18.2 Å². The minimum atomic E-state index is -1.10. The summed E-state index contributed by atoms with van der Waals surface area (Å²) in [5, 5.41) is 0. The topological polar surface area (TPSA) is 61.8 Å². The second kappa shape index (κ2) is 8.24. The van der Waals surface area contributed by atoms with E-state index in [9.17, 15) is 14.0 Å². The molecule has 0 fully saturated rings. The molecule has 0 N–H and O–H groups in total. The van der Waals surface area contributed by atoms with E-state index in [4.69, 9.17) is 14.2 Å². The number of methoxy groups -OCH3 is 1. The van der Waals surface area contributed by atoms with Crippen LogP contribution in [0.3, 0.4) is 0 Å². The van der Waals surface area contributed by atoms with Gasteiger partial charge in [0.1, 0.15) is 0 Å². The van der Waals surface area contributed by atoms with Crippen molar-refractivity contribution in [3.8, 4) is 5.75 Å². The lowest BCUT2D eigenvalue weighted by Crippen LogP contribution is -2.30. The van der Waals surface area contributed by atoms with Crippen molar-refractivity contribution in [1.82, 2.24) is 0 Å². The van der Waals surface area contributed by atoms with Crippen molar-refractivity contribution in [3.05, 3.63) is 29.6 Å². The van der Waals surface area contributed by atoms with E-state index in [1.807, 2.05) is 0 Å². The van der Waals surface area contributed by atoms with Crippen LogP contribution in [0.1, 0.15) is 19.4 Å². The zero-order valence-corrected chi connectivity index (χ0v) is 12.3. The van der Waals surface area contributed by atoms with Crippen LogP contribution in [-0.2, 0) is 25.5 Å². The van der Waals surface area contributed by atoms with Crippen molar-refractivity contribution in [2.75, 3.05) is 20.3 Å². The van der Waals surface area contributed by atoms with Crippen LogP contribution in [0.5, 0.6) is 5.75 Å². The van der Waals surface area contributed by atoms with E-state index in [-0.39, 0.29) is 25.4 Å². The van der Waals surface area contributed by atoms with E-state index in [0.29, 0.717) is 5.56 Å². The van der Waals surface area contributed by atoms with Crippen molar-refractivity contribution in [2.45, 2.75) is 20.3 Å². The first-order chi connectivity index (χ1) is 10.0. The van der Waals surface area contributed by atoms with Crippen LogP contribution in [0.2, 0.25) is 0 Å². The monoisotopic (exact) mass is 298 g/mol. The highest BCUT2D eigenvalue weighted by Crippen LogP contribution is 2.20. The van der Waals surface area contributed by atoms with E-state index in [0.717, 1.165) is 0 Å². The van der Waals surface area contributed by atoms with Gasteiger partial charge in [-0.05, 0) is 38.0 Å². The van der Waals surface area contributed by atoms with Gasteiger partial charge in [0.15, 0.2) is 17.5 Å². The molecule has 0 aliphatic rings. The molecule has 5 nitrogen and oxygen atoms in total. The summed E-state index contributed by atoms with van der Waals surface area (Å²) >= 11 is 0. The average Bonchev–Trinajstić information content (AvgIpc) is 2.45. The summed E-state index contributed by atoms with van der Waals surface area (Å²) in [6.45, 7) is 3.61. The number of carbonyl (C=O) groups is 2. The van der Waals surface area contributed by atoms with E-state index >= 15 is 0 Å². The lowest BCUT2D eigenvalue weighted by Gasteiger charge is -2.14. The molecule has 0 aromatic heterocycles. The summed E-state index contributed by atoms with van der Waals surface area (Å²) in [5.74, 6) is -2.90. The first-order valence-electron chi connectivity index (χ1n) is 6.69. The molecule has 1 rings (SSSR count). The summed E-state index contributed by atoms with van der Waals surface area (Å²) in [5.41, 5.74) is 0.486. The van der Waals surface area contributed by atoms with Crippen molar-refractivity contribution in [3.63, 3.8) is 0 Å². The normalized spacial score (nSPS) is 10.3. The molecule has 0 saturated carbocycles. The Morgan fingerprint density at radius 3 is 2.14 bits per heavy atom. The summed E-state index contributed by atoms with van der Waals surface area (Å²) < 4.78 is 28.2. The van der Waals surface area contributed by atoms with Crippen molar-refractivity contribution >= 4 is 11.9 Å². The third-order valence-electron chi connectivity index (χ3n) is 2.80. The molecule has 0 aliphatic heterocycles. The molecule has 0 amide bonds. The Morgan fingerprint density at radius 1 is 1.14 bits per heavy atom. The van der Waals surface area contributed by atoms with Crippen LogP contribution in [0.4, 0.5) is 4.39 Å². The van der Waals surface area contributed by atoms with E-state index < -0.39 is 23.7 Å². The molecule has 0 aliphatic carbocycles. The Morgan fingerprint density at radius 2 is 1.71 bits per heavy atom. The Balaban J connectivity index is 2.92. The molecule has 0 unspecified atom stereocenters. The maximum Gasteiger partial charge on any atom is 0.320 e. The highest BCUT2D eigenvalue weighted by atomic mass is 19.1. The standard InChI is InChI=1S/C15H19FO5/c1-4-20-14(17)11(15(18)21-5-2)8-10-6-7-13(19-3)12(16)9-10/h6-7,9,11H,4-5,8H2,1-3H3. The number of carbonyl (C=O) groups excluding carboxylic acids is 2. The van der Waals surface area contributed by atoms with Crippen molar-refractivity contribution < 1.29 is 28.2 Å². The van der Waals surface area contributed by atoms with Crippen LogP contribution in [0.25, 0.3) is 0 Å². The molecular weight excluding hydrogens is 279 g/mol. The second-order valence-corrected chi connectivity index (χ2v) is 4.23. The van der Waals surface area contributed by atoms with E-state index in [1.165, 1.54) is 19.2 Å². The smallest absolute Gasteiger partial charge is 0.320 e. The molecule has 0 atom stereocenters. The fraction of sp³-hybridized carbons (Fsp3) is 0.467. The molecule has 1 aromatic carbocycles. The second-order valence-electron chi connectivity index (χ2n) is 4.23. The number of hydrogen-bond acceptors (Lipinski definition) is 5. The van der Waals surface area contributed by atoms with Crippen LogP contribution in [-0.4, -0.2) is 32.3 Å². The van der Waals surface area contributed by atoms with Gasteiger partial charge in [-0.2, -0.15) is 0 Å². The predicted molar refractivity (Wildman–Crippen MR) is 73.4 cm³/mol. The SMILES string of the molecule is CCOC(=O)C(Cc1ccc(OC)c(F)c1)C(=O)OCC. The summed E-state index contributed by atoms with van der Waals surface area (Å²) in [6, 6.07) is 4.26. The minimum Gasteiger partial charge on any atom is -0.494 e. The van der Waals surface area contributed by atoms with Gasteiger partial charge in [0.25, 0.3) is 0 Å². The van der Waals surface area contributed by atoms with Crippen LogP contribution in [0, 0.1) is 11.7 Å². The maximum atomic E-state index is 13.6. The molecule has 21 heavy (non-hydrogen) atoms. The van der Waals surface area contributed by atoms with Gasteiger partial charge in [-0.25, -0.2) is 4.39 Å². The van der Waals surface area contributed by atoms with Crippen LogP contribution >= 0.6 is 0 Å². The van der Waals surface area contributed by atoms with Gasteiger partial charge in [0, 0.05) is 0 Å². The molecule has 0 radical (unpaired) electrons. The number of esters is 2. The molecule has 0 heterocycles. The van der Waals surface area contributed by atoms with E-state index in [2.05, 4.69) is 0 Å². The van der Waals surface area contributed by atoms with Gasteiger partial charge in [-0.3, -0.25) is 9.59 Å². The maximum absolute atomic E-state index is 13.6. The first kappa shape index (κ1) is 16.9. The Kier molecular flexibility index (Phi) is 6.65. The highest BCUT2D eigenvalue weighted by molar-refractivity contribution is 5.95. The van der Waals surface area contributed by atoms with Gasteiger partial charge in [0.2, 0.25) is 0 Å². The predicted octanol–water partition coefficient (Wildman–Crippen LogP) is 2.12. The third kappa shape index (κ3) is 4.73. The van der Waals surface area contributed by atoms with Gasteiger partial charge in [-0.15, -0.1) is 0 Å². The summed E-state index contributed by atoms with van der Waals surface area (Å²) in [4.78, 5) is 23.7. The van der Waals surface area contributed by atoms with Gasteiger partial charge in [0.05, 0.1) is 20.3 Å². The Bertz CT molecular complexity index is 483. The molecule has 0 bridgehead atoms. The minimum absolute atomic E-state index is 0.0125. The number of benzene rings is 1. The van der Waals surface area contributed by atoms with Crippen molar-refractivity contribution in [2.24, 2.45) is 5.92 Å². The summed E-state index contributed by atoms with van der Waals surface area (Å²) in [6.07, 6.45) is 0.0125. The molecule has 6 heteroatoms. The fourth-order valence-corrected chi connectivity index (χ4v) is 1.82. The first-order valence-corrected chi connectivity index (χ1v) is 6.69. The Hall–Kier alpha value is -2.11. The van der Waals surface area contributed by atoms with Gasteiger partial charge >= 0.3 is 11.9 Å². The third-order valence-corrected chi connectivity index (χ3v) is 2.80. The molecule has 0 saturated heterocycles. The Labute approximate surface area is 123 Å². The van der Waals surface area contributed by atoms with Crippen molar-refractivity contribution in [1.29, 1.82) is 0 Å². The molecule has 0 spiro atoms. The largest absolute Gasteiger partial charge is 0.494 e. The molecular formula is C15H19FO5. The number of hydrogen-bond donors (Lipinski definition) is 0. The lowest BCUT2D eigenvalue weighted by atomic mass is 9.99. The molecule has 1 aromatic rings. The summed E-state index contributed by atoms with van der Waals surface area (Å²) in [7, 11) is 1.36. The highest BCUT2D eigenvalue weighted by Gasteiger charge is 2.30. The number of rotatable bonds is 7. The molecule has 116 valence electrons. The van der Waals surface area contributed by atoms with E-state index in [1.54, 1.807) is 19.9 Å². The van der Waals surface area contributed by atoms with Gasteiger partial charge < -0.3 is 14.2 Å². The lowest BCUT2D eigenvalue weighted by molar-refractivity contribution is -0.161. The quantitative estimate of drug-likeness (QED) is 0.570. The van der Waals surface area contributed by atoms with Crippen LogP contribution < -0.4 is 4.74 Å². The fourth-order valence-electron chi connectivity index (χ4n) is 1.82. The number of halogens is 1. The zero-order valence-electron chi connectivity index (χ0n) is 12.3. The zero-order chi connectivity index (χ0) is 15.8. The number of ether oxygens (including phenoxy) is 3. The average molecular weight is 298 g/mol.